The largest absolute Gasteiger partial charge is 0.350 e. The standard InChI is InChI=1S/C11H19NO/c1-8(2)9-5-3-4-6-11(9)7-10(13)12-11/h8-9H,3-7H2,1-2H3,(H,12,13). The van der Waals surface area contributed by atoms with Crippen LogP contribution in [0, 0.1) is 11.8 Å². The van der Waals surface area contributed by atoms with Gasteiger partial charge in [-0.15, -0.1) is 0 Å². The quantitative estimate of drug-likeness (QED) is 0.617. The second kappa shape index (κ2) is 3.00. The van der Waals surface area contributed by atoms with Gasteiger partial charge in [-0.1, -0.05) is 26.7 Å². The van der Waals surface area contributed by atoms with Crippen LogP contribution >= 0.6 is 0 Å². The van der Waals surface area contributed by atoms with Crippen molar-refractivity contribution in [3.63, 3.8) is 0 Å². The first-order chi connectivity index (χ1) is 6.14. The van der Waals surface area contributed by atoms with E-state index in [0.29, 0.717) is 5.92 Å². The minimum absolute atomic E-state index is 0.212. The third-order valence-electron chi connectivity index (χ3n) is 3.77. The second-order valence-electron chi connectivity index (χ2n) is 4.98. The maximum absolute atomic E-state index is 11.0. The molecule has 2 aliphatic rings. The highest BCUT2D eigenvalue weighted by Gasteiger charge is 2.50. The first kappa shape index (κ1) is 9.04. The van der Waals surface area contributed by atoms with Gasteiger partial charge in [-0.05, 0) is 24.7 Å². The minimum Gasteiger partial charge on any atom is -0.350 e. The van der Waals surface area contributed by atoms with Crippen LogP contribution in [-0.4, -0.2) is 11.4 Å². The summed E-state index contributed by atoms with van der Waals surface area (Å²) in [6.45, 7) is 4.56. The number of β-lactam (4-membered cyclic amide) rings is 1. The Kier molecular flexibility index (Phi) is 2.09. The third kappa shape index (κ3) is 1.36. The van der Waals surface area contributed by atoms with Gasteiger partial charge in [-0.25, -0.2) is 0 Å². The summed E-state index contributed by atoms with van der Waals surface area (Å²) in [4.78, 5) is 11.0. The van der Waals surface area contributed by atoms with Crippen LogP contribution in [0.2, 0.25) is 0 Å². The molecule has 74 valence electrons. The molecule has 2 nitrogen and oxygen atoms in total. The first-order valence-corrected chi connectivity index (χ1v) is 5.45. The van der Waals surface area contributed by atoms with Crippen molar-refractivity contribution >= 4 is 5.91 Å². The smallest absolute Gasteiger partial charge is 0.222 e. The molecular weight excluding hydrogens is 162 g/mol. The summed E-state index contributed by atoms with van der Waals surface area (Å²) in [6, 6.07) is 0. The molecule has 1 spiro atoms. The van der Waals surface area contributed by atoms with Gasteiger partial charge in [-0.2, -0.15) is 0 Å². The van der Waals surface area contributed by atoms with Gasteiger partial charge in [-0.3, -0.25) is 4.79 Å². The summed E-state index contributed by atoms with van der Waals surface area (Å²) in [5, 5.41) is 3.15. The predicted octanol–water partition coefficient (Wildman–Crippen LogP) is 2.09. The number of hydrogen-bond donors (Lipinski definition) is 1. The van der Waals surface area contributed by atoms with Crippen LogP contribution in [0.4, 0.5) is 0 Å². The van der Waals surface area contributed by atoms with Gasteiger partial charge in [0.15, 0.2) is 0 Å². The van der Waals surface area contributed by atoms with Crippen LogP contribution in [0.3, 0.4) is 0 Å². The van der Waals surface area contributed by atoms with E-state index in [0.717, 1.165) is 12.3 Å². The average Bonchev–Trinajstić information content (AvgIpc) is 2.02. The van der Waals surface area contributed by atoms with E-state index in [1.165, 1.54) is 25.7 Å². The molecule has 1 saturated heterocycles. The molecule has 2 rings (SSSR count). The van der Waals surface area contributed by atoms with E-state index in [1.807, 2.05) is 0 Å². The molecule has 0 bridgehead atoms. The zero-order chi connectivity index (χ0) is 9.47. The minimum atomic E-state index is 0.212. The molecule has 13 heavy (non-hydrogen) atoms. The number of carbonyl (C=O) groups excluding carboxylic acids is 1. The fraction of sp³-hybridized carbons (Fsp3) is 0.909. The lowest BCUT2D eigenvalue weighted by Crippen LogP contribution is -2.66. The van der Waals surface area contributed by atoms with Crippen LogP contribution in [-0.2, 0) is 4.79 Å². The van der Waals surface area contributed by atoms with Crippen molar-refractivity contribution in [3.05, 3.63) is 0 Å². The highest BCUT2D eigenvalue weighted by atomic mass is 16.2. The average molecular weight is 181 g/mol. The van der Waals surface area contributed by atoms with Crippen molar-refractivity contribution in [1.82, 2.24) is 5.32 Å². The van der Waals surface area contributed by atoms with Crippen molar-refractivity contribution in [3.8, 4) is 0 Å². The van der Waals surface area contributed by atoms with Crippen molar-refractivity contribution < 1.29 is 4.79 Å². The summed E-state index contributed by atoms with van der Waals surface area (Å²) in [5.41, 5.74) is 0.212. The number of hydrogen-bond acceptors (Lipinski definition) is 1. The summed E-state index contributed by atoms with van der Waals surface area (Å²) in [5.74, 6) is 1.69. The zero-order valence-corrected chi connectivity index (χ0v) is 8.60. The molecule has 2 fully saturated rings. The lowest BCUT2D eigenvalue weighted by molar-refractivity contribution is -0.138. The van der Waals surface area contributed by atoms with E-state index in [1.54, 1.807) is 0 Å². The molecule has 1 aliphatic carbocycles. The van der Waals surface area contributed by atoms with Gasteiger partial charge < -0.3 is 5.32 Å². The fourth-order valence-electron chi connectivity index (χ4n) is 3.16. The second-order valence-corrected chi connectivity index (χ2v) is 4.98. The topological polar surface area (TPSA) is 29.1 Å². The lowest BCUT2D eigenvalue weighted by atomic mass is 9.63. The zero-order valence-electron chi connectivity index (χ0n) is 8.60. The van der Waals surface area contributed by atoms with E-state index >= 15 is 0 Å². The monoisotopic (exact) mass is 181 g/mol. The van der Waals surface area contributed by atoms with Crippen molar-refractivity contribution in [1.29, 1.82) is 0 Å². The SMILES string of the molecule is CC(C)C1CCCCC12CC(=O)N2. The number of nitrogens with one attached hydrogen (secondary N) is 1. The lowest BCUT2D eigenvalue weighted by Gasteiger charge is -2.52. The van der Waals surface area contributed by atoms with Gasteiger partial charge in [0.05, 0.1) is 5.54 Å². The van der Waals surface area contributed by atoms with Crippen LogP contribution in [0.5, 0.6) is 0 Å². The van der Waals surface area contributed by atoms with Crippen LogP contribution in [0.25, 0.3) is 0 Å². The molecule has 1 N–H and O–H groups in total. The molecule has 1 saturated carbocycles. The van der Waals surface area contributed by atoms with Crippen molar-refractivity contribution in [2.75, 3.05) is 0 Å². The number of carbonyl (C=O) groups is 1. The van der Waals surface area contributed by atoms with E-state index < -0.39 is 0 Å². The molecule has 0 aromatic rings. The predicted molar refractivity (Wildman–Crippen MR) is 52.3 cm³/mol. The summed E-state index contributed by atoms with van der Waals surface area (Å²) < 4.78 is 0. The molecule has 0 radical (unpaired) electrons. The Morgan fingerprint density at radius 1 is 1.46 bits per heavy atom. The highest BCUT2D eigenvalue weighted by Crippen LogP contribution is 2.44. The van der Waals surface area contributed by atoms with Crippen LogP contribution < -0.4 is 5.32 Å². The fourth-order valence-corrected chi connectivity index (χ4v) is 3.16. The molecule has 2 heteroatoms. The van der Waals surface area contributed by atoms with Gasteiger partial charge in [0.2, 0.25) is 5.91 Å². The molecular formula is C11H19NO. The molecule has 0 aromatic carbocycles. The molecule has 2 unspecified atom stereocenters. The molecule has 0 aromatic heterocycles. The molecule has 1 amide bonds. The molecule has 2 atom stereocenters. The first-order valence-electron chi connectivity index (χ1n) is 5.45. The van der Waals surface area contributed by atoms with E-state index in [2.05, 4.69) is 19.2 Å². The highest BCUT2D eigenvalue weighted by molar-refractivity contribution is 5.84. The summed E-state index contributed by atoms with van der Waals surface area (Å²) in [6.07, 6.45) is 5.94. The van der Waals surface area contributed by atoms with Crippen LogP contribution in [0.15, 0.2) is 0 Å². The normalized spacial score (nSPS) is 39.0. The third-order valence-corrected chi connectivity index (χ3v) is 3.77. The summed E-state index contributed by atoms with van der Waals surface area (Å²) >= 11 is 0. The Labute approximate surface area is 80.1 Å². The molecule has 1 heterocycles. The van der Waals surface area contributed by atoms with Gasteiger partial charge in [0, 0.05) is 6.42 Å². The van der Waals surface area contributed by atoms with Crippen LogP contribution in [0.1, 0.15) is 46.0 Å². The van der Waals surface area contributed by atoms with Crippen molar-refractivity contribution in [2.45, 2.75) is 51.5 Å². The van der Waals surface area contributed by atoms with Gasteiger partial charge in [0.25, 0.3) is 0 Å². The Balaban J connectivity index is 2.10. The van der Waals surface area contributed by atoms with Gasteiger partial charge >= 0.3 is 0 Å². The Morgan fingerprint density at radius 3 is 2.69 bits per heavy atom. The Morgan fingerprint density at radius 2 is 2.15 bits per heavy atom. The number of rotatable bonds is 1. The van der Waals surface area contributed by atoms with E-state index in [4.69, 9.17) is 0 Å². The Hall–Kier alpha value is -0.530. The Bertz CT molecular complexity index is 214. The van der Waals surface area contributed by atoms with Crippen molar-refractivity contribution in [2.24, 2.45) is 11.8 Å². The van der Waals surface area contributed by atoms with Gasteiger partial charge in [0.1, 0.15) is 0 Å². The maximum Gasteiger partial charge on any atom is 0.222 e. The maximum atomic E-state index is 11.0. The number of amides is 1. The van der Waals surface area contributed by atoms with E-state index in [-0.39, 0.29) is 11.4 Å². The summed E-state index contributed by atoms with van der Waals surface area (Å²) in [7, 11) is 0. The van der Waals surface area contributed by atoms with E-state index in [9.17, 15) is 4.79 Å². The molecule has 1 aliphatic heterocycles.